The zero-order chi connectivity index (χ0) is 21.6. The third-order valence-electron chi connectivity index (χ3n) is 6.27. The smallest absolute Gasteiger partial charge is 0.249 e. The van der Waals surface area contributed by atoms with Gasteiger partial charge in [0.15, 0.2) is 6.29 Å². The summed E-state index contributed by atoms with van der Waals surface area (Å²) in [5, 5.41) is 2.97. The Labute approximate surface area is 195 Å². The van der Waals surface area contributed by atoms with Crippen molar-refractivity contribution in [2.75, 3.05) is 18.1 Å². The van der Waals surface area contributed by atoms with Crippen LogP contribution in [-0.4, -0.2) is 35.8 Å². The van der Waals surface area contributed by atoms with Gasteiger partial charge in [-0.15, -0.1) is 11.3 Å². The summed E-state index contributed by atoms with van der Waals surface area (Å²) in [5.41, 5.74) is 3.05. The average Bonchev–Trinajstić information content (AvgIpc) is 3.44. The molecule has 7 heteroatoms. The standard InChI is InChI=1S/C24H20Cl2N2O2S/c25-19-10-20(26)12-21(11-19)28-15-27-8-1-7-24(27,23(28)30)13-16-2-4-17(5-3-16)22-18(14-29)6-9-31-22/h2-6,9-12,14H,1,7-8,13,15H2. The molecular formula is C24H20Cl2N2O2S. The molecule has 1 aromatic heterocycles. The fraction of sp³-hybridized carbons (Fsp3) is 0.250. The Bertz CT molecular complexity index is 1140. The van der Waals surface area contributed by atoms with Crippen LogP contribution in [0.2, 0.25) is 10.0 Å². The molecule has 31 heavy (non-hydrogen) atoms. The number of thiophene rings is 1. The molecule has 1 amide bonds. The van der Waals surface area contributed by atoms with Gasteiger partial charge in [0.1, 0.15) is 5.54 Å². The molecule has 0 aliphatic carbocycles. The van der Waals surface area contributed by atoms with Gasteiger partial charge in [-0.25, -0.2) is 0 Å². The molecule has 2 saturated heterocycles. The Morgan fingerprint density at radius 2 is 1.81 bits per heavy atom. The van der Waals surface area contributed by atoms with E-state index in [1.807, 2.05) is 23.6 Å². The van der Waals surface area contributed by atoms with Gasteiger partial charge in [-0.2, -0.15) is 0 Å². The maximum Gasteiger partial charge on any atom is 0.249 e. The molecule has 2 aliphatic rings. The molecular weight excluding hydrogens is 451 g/mol. The van der Waals surface area contributed by atoms with E-state index in [1.54, 1.807) is 34.4 Å². The van der Waals surface area contributed by atoms with E-state index in [1.165, 1.54) is 0 Å². The lowest BCUT2D eigenvalue weighted by molar-refractivity contribution is -0.123. The minimum Gasteiger partial charge on any atom is -0.298 e. The first-order valence-corrected chi connectivity index (χ1v) is 11.8. The maximum atomic E-state index is 13.6. The normalized spacial score (nSPS) is 21.0. The summed E-state index contributed by atoms with van der Waals surface area (Å²) in [4.78, 5) is 29.9. The Morgan fingerprint density at radius 3 is 2.52 bits per heavy atom. The van der Waals surface area contributed by atoms with E-state index >= 15 is 0 Å². The van der Waals surface area contributed by atoms with Gasteiger partial charge in [-0.3, -0.25) is 19.4 Å². The summed E-state index contributed by atoms with van der Waals surface area (Å²) in [6.07, 6.45) is 3.38. The van der Waals surface area contributed by atoms with Gasteiger partial charge in [0.2, 0.25) is 5.91 Å². The zero-order valence-electron chi connectivity index (χ0n) is 16.7. The van der Waals surface area contributed by atoms with Crippen molar-refractivity contribution in [2.24, 2.45) is 0 Å². The van der Waals surface area contributed by atoms with Crippen LogP contribution in [0, 0.1) is 0 Å². The highest BCUT2D eigenvalue weighted by atomic mass is 35.5. The van der Waals surface area contributed by atoms with Crippen LogP contribution in [0.4, 0.5) is 5.69 Å². The summed E-state index contributed by atoms with van der Waals surface area (Å²) >= 11 is 13.9. The molecule has 3 heterocycles. The van der Waals surface area contributed by atoms with Crippen LogP contribution >= 0.6 is 34.5 Å². The van der Waals surface area contributed by atoms with Gasteiger partial charge in [0, 0.05) is 32.7 Å². The number of benzene rings is 2. The van der Waals surface area contributed by atoms with E-state index in [-0.39, 0.29) is 5.91 Å². The minimum absolute atomic E-state index is 0.105. The number of hydrogen-bond acceptors (Lipinski definition) is 4. The van der Waals surface area contributed by atoms with Crippen molar-refractivity contribution >= 4 is 52.4 Å². The van der Waals surface area contributed by atoms with Crippen molar-refractivity contribution < 1.29 is 9.59 Å². The summed E-state index contributed by atoms with van der Waals surface area (Å²) in [5.74, 6) is 0.105. The van der Waals surface area contributed by atoms with Crippen LogP contribution in [0.1, 0.15) is 28.8 Å². The molecule has 1 atom stereocenters. The Hall–Kier alpha value is -2.18. The summed E-state index contributed by atoms with van der Waals surface area (Å²) < 4.78 is 0. The third kappa shape index (κ3) is 3.60. The Morgan fingerprint density at radius 1 is 1.06 bits per heavy atom. The third-order valence-corrected chi connectivity index (χ3v) is 7.69. The first-order chi connectivity index (χ1) is 15.0. The number of hydrogen-bond donors (Lipinski definition) is 0. The molecule has 1 unspecified atom stereocenters. The molecule has 2 aliphatic heterocycles. The number of halogens is 2. The Kier molecular flexibility index (Phi) is 5.39. The SMILES string of the molecule is O=Cc1ccsc1-c1ccc(CC23CCCN2CN(c2cc(Cl)cc(Cl)c2)C3=O)cc1. The first-order valence-electron chi connectivity index (χ1n) is 10.2. The number of carbonyl (C=O) groups is 2. The van der Waals surface area contributed by atoms with Crippen LogP contribution in [0.5, 0.6) is 0 Å². The minimum atomic E-state index is -0.535. The van der Waals surface area contributed by atoms with Crippen molar-refractivity contribution in [3.63, 3.8) is 0 Å². The highest BCUT2D eigenvalue weighted by Crippen LogP contribution is 2.42. The van der Waals surface area contributed by atoms with Crippen LogP contribution in [0.3, 0.4) is 0 Å². The van der Waals surface area contributed by atoms with Gasteiger partial charge in [0.05, 0.1) is 6.67 Å². The zero-order valence-corrected chi connectivity index (χ0v) is 19.0. The van der Waals surface area contributed by atoms with Crippen LogP contribution in [-0.2, 0) is 11.2 Å². The number of carbonyl (C=O) groups excluding carboxylic acids is 2. The molecule has 0 N–H and O–H groups in total. The highest BCUT2D eigenvalue weighted by Gasteiger charge is 2.55. The van der Waals surface area contributed by atoms with Gasteiger partial charge in [-0.1, -0.05) is 47.5 Å². The highest BCUT2D eigenvalue weighted by molar-refractivity contribution is 7.14. The van der Waals surface area contributed by atoms with E-state index < -0.39 is 5.54 Å². The molecule has 2 aromatic carbocycles. The molecule has 4 nitrogen and oxygen atoms in total. The Balaban J connectivity index is 1.42. The number of nitrogens with zero attached hydrogens (tertiary/aromatic N) is 2. The van der Waals surface area contributed by atoms with Crippen molar-refractivity contribution in [3.05, 3.63) is 75.1 Å². The second-order valence-corrected chi connectivity index (χ2v) is 9.89. The maximum absolute atomic E-state index is 13.6. The topological polar surface area (TPSA) is 40.6 Å². The summed E-state index contributed by atoms with van der Waals surface area (Å²) in [6, 6.07) is 15.3. The molecule has 3 aromatic rings. The average molecular weight is 471 g/mol. The van der Waals surface area contributed by atoms with E-state index in [2.05, 4.69) is 17.0 Å². The van der Waals surface area contributed by atoms with Crippen molar-refractivity contribution in [3.8, 4) is 10.4 Å². The van der Waals surface area contributed by atoms with Crippen LogP contribution in [0.25, 0.3) is 10.4 Å². The number of anilines is 1. The van der Waals surface area contributed by atoms with Crippen LogP contribution < -0.4 is 4.90 Å². The number of rotatable bonds is 5. The quantitative estimate of drug-likeness (QED) is 0.434. The molecule has 0 spiro atoms. The van der Waals surface area contributed by atoms with Gasteiger partial charge in [-0.05, 0) is 60.0 Å². The van der Waals surface area contributed by atoms with Crippen molar-refractivity contribution in [1.82, 2.24) is 4.90 Å². The largest absolute Gasteiger partial charge is 0.298 e. The first kappa shape index (κ1) is 20.7. The molecule has 2 fully saturated rings. The van der Waals surface area contributed by atoms with Gasteiger partial charge < -0.3 is 0 Å². The van der Waals surface area contributed by atoms with E-state index in [9.17, 15) is 9.59 Å². The molecule has 5 rings (SSSR count). The molecule has 0 saturated carbocycles. The predicted octanol–water partition coefficient (Wildman–Crippen LogP) is 5.92. The fourth-order valence-electron chi connectivity index (χ4n) is 4.80. The summed E-state index contributed by atoms with van der Waals surface area (Å²) in [7, 11) is 0. The monoisotopic (exact) mass is 470 g/mol. The van der Waals surface area contributed by atoms with Gasteiger partial charge >= 0.3 is 0 Å². The van der Waals surface area contributed by atoms with E-state index in [4.69, 9.17) is 23.2 Å². The molecule has 158 valence electrons. The van der Waals surface area contributed by atoms with E-state index in [0.29, 0.717) is 28.7 Å². The van der Waals surface area contributed by atoms with Crippen molar-refractivity contribution in [1.29, 1.82) is 0 Å². The molecule has 0 radical (unpaired) electrons. The predicted molar refractivity (Wildman–Crippen MR) is 126 cm³/mol. The number of amides is 1. The lowest BCUT2D eigenvalue weighted by atomic mass is 9.87. The van der Waals surface area contributed by atoms with E-state index in [0.717, 1.165) is 47.4 Å². The summed E-state index contributed by atoms with van der Waals surface area (Å²) in [6.45, 7) is 1.44. The second kappa shape index (κ2) is 8.06. The lowest BCUT2D eigenvalue weighted by Crippen LogP contribution is -2.46. The van der Waals surface area contributed by atoms with Crippen molar-refractivity contribution in [2.45, 2.75) is 24.8 Å². The van der Waals surface area contributed by atoms with Crippen LogP contribution in [0.15, 0.2) is 53.9 Å². The number of aldehydes is 1. The van der Waals surface area contributed by atoms with Gasteiger partial charge in [0.25, 0.3) is 0 Å². The fourth-order valence-corrected chi connectivity index (χ4v) is 6.19. The number of fused-ring (bicyclic) bond motifs is 1. The molecule has 0 bridgehead atoms. The second-order valence-electron chi connectivity index (χ2n) is 8.10. The lowest BCUT2D eigenvalue weighted by Gasteiger charge is -2.28.